The van der Waals surface area contributed by atoms with Crippen molar-refractivity contribution in [3.63, 3.8) is 0 Å². The molecular formula is C27H29NO10. The van der Waals surface area contributed by atoms with Crippen LogP contribution in [0.5, 0.6) is 23.0 Å². The van der Waals surface area contributed by atoms with Crippen molar-refractivity contribution in [1.82, 2.24) is 0 Å². The molecule has 6 atom stereocenters. The molecule has 11 nitrogen and oxygen atoms in total. The van der Waals surface area contributed by atoms with Gasteiger partial charge in [-0.2, -0.15) is 0 Å². The van der Waals surface area contributed by atoms with Crippen molar-refractivity contribution >= 4 is 33.6 Å². The predicted molar refractivity (Wildman–Crippen MR) is 134 cm³/mol. The zero-order valence-electron chi connectivity index (χ0n) is 20.7. The number of hydrogen-bond acceptors (Lipinski definition) is 11. The van der Waals surface area contributed by atoms with Gasteiger partial charge < -0.3 is 45.8 Å². The van der Waals surface area contributed by atoms with Crippen LogP contribution in [0.1, 0.15) is 54.3 Å². The first kappa shape index (κ1) is 26.1. The van der Waals surface area contributed by atoms with Crippen molar-refractivity contribution in [3.05, 3.63) is 34.9 Å². The Morgan fingerprint density at radius 3 is 2.42 bits per heavy atom. The number of phenolic OH excluding ortho intramolecular Hbond substituents is 4. The normalized spacial score (nSPS) is 29.3. The number of carbonyl (C=O) groups excluding carboxylic acids is 2. The summed E-state index contributed by atoms with van der Waals surface area (Å²) in [6.45, 7) is 2.79. The van der Waals surface area contributed by atoms with Crippen LogP contribution in [-0.4, -0.2) is 72.8 Å². The summed E-state index contributed by atoms with van der Waals surface area (Å²) in [7, 11) is 0. The second-order valence-corrected chi connectivity index (χ2v) is 10.2. The summed E-state index contributed by atoms with van der Waals surface area (Å²) in [4.78, 5) is 24.1. The van der Waals surface area contributed by atoms with Gasteiger partial charge in [-0.15, -0.1) is 0 Å². The SMILES string of the molecule is CC(=O)[C@]1(O)Cc2c(c(O)c3c(O)c4c(C=O)cccc4c(O)c3c2O)[C@@H](O[C@H]2C[C@@H](N)[C@H](O)C(C)O2)C1. The van der Waals surface area contributed by atoms with Crippen molar-refractivity contribution in [3.8, 4) is 23.0 Å². The number of Topliss-reactive ketones (excluding diaryl/α,β-unsaturated/α-hetero) is 1. The van der Waals surface area contributed by atoms with Crippen LogP contribution in [0.15, 0.2) is 18.2 Å². The third-order valence-corrected chi connectivity index (χ3v) is 7.82. The number of aliphatic hydroxyl groups is 2. The Balaban J connectivity index is 1.77. The molecule has 0 bridgehead atoms. The lowest BCUT2D eigenvalue weighted by Crippen LogP contribution is -2.52. The van der Waals surface area contributed by atoms with Gasteiger partial charge in [0.05, 0.1) is 29.1 Å². The molecule has 5 rings (SSSR count). The fourth-order valence-electron chi connectivity index (χ4n) is 5.68. The molecular weight excluding hydrogens is 498 g/mol. The maximum atomic E-state index is 12.5. The number of ketones is 1. The number of phenols is 4. The Hall–Kier alpha value is -3.48. The third-order valence-electron chi connectivity index (χ3n) is 7.82. The fraction of sp³-hybridized carbons (Fsp3) is 0.407. The number of ether oxygens (including phenoxy) is 2. The fourth-order valence-corrected chi connectivity index (χ4v) is 5.68. The van der Waals surface area contributed by atoms with E-state index in [1.54, 1.807) is 6.92 Å². The number of rotatable bonds is 4. The van der Waals surface area contributed by atoms with E-state index in [1.165, 1.54) is 25.1 Å². The minimum atomic E-state index is -1.99. The molecule has 1 saturated heterocycles. The molecule has 0 amide bonds. The zero-order valence-corrected chi connectivity index (χ0v) is 20.7. The van der Waals surface area contributed by atoms with Gasteiger partial charge in [0.1, 0.15) is 28.6 Å². The summed E-state index contributed by atoms with van der Waals surface area (Å²) in [6.07, 6.45) is -4.01. The second kappa shape index (κ2) is 9.07. The number of aromatic hydroxyl groups is 4. The number of hydrogen-bond donors (Lipinski definition) is 7. The molecule has 0 radical (unpaired) electrons. The van der Waals surface area contributed by atoms with Crippen molar-refractivity contribution in [2.75, 3.05) is 0 Å². The summed E-state index contributed by atoms with van der Waals surface area (Å²) in [6, 6.07) is 3.65. The van der Waals surface area contributed by atoms with Crippen LogP contribution in [0.3, 0.4) is 0 Å². The van der Waals surface area contributed by atoms with E-state index in [1.807, 2.05) is 0 Å². The van der Waals surface area contributed by atoms with Gasteiger partial charge >= 0.3 is 0 Å². The molecule has 0 aromatic heterocycles. The molecule has 38 heavy (non-hydrogen) atoms. The summed E-state index contributed by atoms with van der Waals surface area (Å²) >= 11 is 0. The lowest BCUT2D eigenvalue weighted by molar-refractivity contribution is -0.247. The number of aldehydes is 1. The van der Waals surface area contributed by atoms with Gasteiger partial charge in [-0.25, -0.2) is 0 Å². The minimum absolute atomic E-state index is 0.0190. The van der Waals surface area contributed by atoms with E-state index >= 15 is 0 Å². The van der Waals surface area contributed by atoms with Crippen LogP contribution in [0.2, 0.25) is 0 Å². The highest BCUT2D eigenvalue weighted by Crippen LogP contribution is 2.56. The van der Waals surface area contributed by atoms with Gasteiger partial charge in [0.25, 0.3) is 0 Å². The van der Waals surface area contributed by atoms with Crippen LogP contribution in [0.4, 0.5) is 0 Å². The Kier molecular flexibility index (Phi) is 6.24. The first-order valence-corrected chi connectivity index (χ1v) is 12.2. The number of aliphatic hydroxyl groups excluding tert-OH is 1. The maximum absolute atomic E-state index is 12.5. The lowest BCUT2D eigenvalue weighted by Gasteiger charge is -2.41. The summed E-state index contributed by atoms with van der Waals surface area (Å²) in [5, 5.41) is 65.9. The summed E-state index contributed by atoms with van der Waals surface area (Å²) < 4.78 is 11.8. The number of fused-ring (bicyclic) bond motifs is 3. The molecule has 202 valence electrons. The molecule has 8 N–H and O–H groups in total. The molecule has 3 aromatic rings. The zero-order chi connectivity index (χ0) is 27.7. The van der Waals surface area contributed by atoms with E-state index in [9.17, 15) is 40.2 Å². The molecule has 1 aliphatic heterocycles. The van der Waals surface area contributed by atoms with Crippen molar-refractivity contribution in [1.29, 1.82) is 0 Å². The Morgan fingerprint density at radius 1 is 1.11 bits per heavy atom. The molecule has 11 heteroatoms. The summed E-state index contributed by atoms with van der Waals surface area (Å²) in [5.74, 6) is -2.80. The van der Waals surface area contributed by atoms with Crippen LogP contribution in [-0.2, 0) is 20.7 Å². The number of benzene rings is 3. The molecule has 2 aliphatic rings. The van der Waals surface area contributed by atoms with Gasteiger partial charge in [0, 0.05) is 52.8 Å². The Bertz CT molecular complexity index is 1470. The van der Waals surface area contributed by atoms with Crippen molar-refractivity contribution in [2.24, 2.45) is 5.73 Å². The van der Waals surface area contributed by atoms with Gasteiger partial charge in [0.15, 0.2) is 18.4 Å². The van der Waals surface area contributed by atoms with Gasteiger partial charge in [-0.1, -0.05) is 18.2 Å². The molecule has 1 aliphatic carbocycles. The lowest BCUT2D eigenvalue weighted by atomic mass is 9.74. The van der Waals surface area contributed by atoms with E-state index in [0.717, 1.165) is 0 Å². The molecule has 1 heterocycles. The van der Waals surface area contributed by atoms with E-state index in [-0.39, 0.29) is 51.1 Å². The van der Waals surface area contributed by atoms with Crippen LogP contribution < -0.4 is 5.73 Å². The van der Waals surface area contributed by atoms with Crippen LogP contribution in [0.25, 0.3) is 21.5 Å². The van der Waals surface area contributed by atoms with Crippen molar-refractivity contribution < 1.29 is 49.7 Å². The molecule has 0 spiro atoms. The largest absolute Gasteiger partial charge is 0.507 e. The Labute approximate surface area is 216 Å². The second-order valence-electron chi connectivity index (χ2n) is 10.2. The van der Waals surface area contributed by atoms with E-state index in [2.05, 4.69) is 0 Å². The first-order valence-electron chi connectivity index (χ1n) is 12.2. The highest BCUT2D eigenvalue weighted by atomic mass is 16.7. The molecule has 1 fully saturated rings. The van der Waals surface area contributed by atoms with E-state index in [4.69, 9.17) is 15.2 Å². The highest BCUT2D eigenvalue weighted by Gasteiger charge is 2.47. The minimum Gasteiger partial charge on any atom is -0.507 e. The smallest absolute Gasteiger partial charge is 0.161 e. The highest BCUT2D eigenvalue weighted by molar-refractivity contribution is 6.18. The van der Waals surface area contributed by atoms with Gasteiger partial charge in [0.2, 0.25) is 0 Å². The monoisotopic (exact) mass is 527 g/mol. The first-order chi connectivity index (χ1) is 17.9. The predicted octanol–water partition coefficient (Wildman–Crippen LogP) is 1.77. The number of carbonyl (C=O) groups is 2. The maximum Gasteiger partial charge on any atom is 0.161 e. The average molecular weight is 528 g/mol. The van der Waals surface area contributed by atoms with Crippen LogP contribution in [0, 0.1) is 0 Å². The van der Waals surface area contributed by atoms with Gasteiger partial charge in [-0.3, -0.25) is 9.59 Å². The Morgan fingerprint density at radius 2 is 1.79 bits per heavy atom. The summed E-state index contributed by atoms with van der Waals surface area (Å²) in [5.41, 5.74) is 3.99. The molecule has 3 aromatic carbocycles. The number of nitrogens with two attached hydrogens (primary N) is 1. The van der Waals surface area contributed by atoms with E-state index < -0.39 is 71.4 Å². The molecule has 1 unspecified atom stereocenters. The van der Waals surface area contributed by atoms with E-state index in [0.29, 0.717) is 6.29 Å². The standard InChI is InChI=1S/C27H29NO10/c1-10-22(31)15(28)6-17(37-10)38-16-8-27(36,11(2)30)7-14-19(16)26(35)21-20(24(14)33)23(32)13-5-3-4-12(9-29)18(13)25(21)34/h3-5,9-10,15-17,22,31-36H,6-8,28H2,1-2H3/t10?,15-,16+,17+,22-,27+/m1/s1. The van der Waals surface area contributed by atoms with Gasteiger partial charge in [-0.05, 0) is 13.8 Å². The third kappa shape index (κ3) is 3.77. The van der Waals surface area contributed by atoms with Crippen LogP contribution >= 0.6 is 0 Å². The average Bonchev–Trinajstić information content (AvgIpc) is 2.87. The quantitative estimate of drug-likeness (QED) is 0.148. The topological polar surface area (TPSA) is 200 Å². The molecule has 0 saturated carbocycles. The van der Waals surface area contributed by atoms with Crippen molar-refractivity contribution in [2.45, 2.75) is 69.4 Å².